The summed E-state index contributed by atoms with van der Waals surface area (Å²) in [6, 6.07) is 14.2. The Morgan fingerprint density at radius 1 is 0.882 bits per heavy atom. The summed E-state index contributed by atoms with van der Waals surface area (Å²) in [5.74, 6) is -0.210. The molecule has 0 bridgehead atoms. The molecule has 0 amide bonds. The van der Waals surface area contributed by atoms with E-state index in [4.69, 9.17) is 11.6 Å². The van der Waals surface area contributed by atoms with Crippen molar-refractivity contribution >= 4 is 36.4 Å². The minimum absolute atomic E-state index is 0. The van der Waals surface area contributed by atoms with Crippen molar-refractivity contribution in [3.8, 4) is 0 Å². The van der Waals surface area contributed by atoms with Crippen LogP contribution in [-0.2, 0) is 6.42 Å². The molecule has 0 saturated heterocycles. The second-order valence-electron chi connectivity index (χ2n) is 3.39. The van der Waals surface area contributed by atoms with Crippen LogP contribution in [0.4, 0.5) is 4.39 Å². The molecule has 0 nitrogen and oxygen atoms in total. The Kier molecular flexibility index (Phi) is 7.21. The van der Waals surface area contributed by atoms with Gasteiger partial charge in [-0.05, 0) is 35.7 Å². The van der Waals surface area contributed by atoms with Crippen LogP contribution in [0.2, 0.25) is 5.02 Å². The van der Waals surface area contributed by atoms with E-state index in [1.54, 1.807) is 12.1 Å². The molecule has 0 aromatic heterocycles. The third-order valence-electron chi connectivity index (χ3n) is 2.27. The third-order valence-corrected chi connectivity index (χ3v) is 2.63. The van der Waals surface area contributed by atoms with Crippen molar-refractivity contribution in [3.05, 3.63) is 70.5 Å². The SMILES string of the molecule is Cl.Cl.Fc1ccc(Cc2ccccc2Cl)cc1. The van der Waals surface area contributed by atoms with Crippen LogP contribution in [0.5, 0.6) is 0 Å². The molecule has 0 saturated carbocycles. The molecule has 0 fully saturated rings. The van der Waals surface area contributed by atoms with Crippen LogP contribution in [0.1, 0.15) is 11.1 Å². The van der Waals surface area contributed by atoms with Crippen molar-refractivity contribution in [2.24, 2.45) is 0 Å². The van der Waals surface area contributed by atoms with Crippen LogP contribution in [0, 0.1) is 5.82 Å². The largest absolute Gasteiger partial charge is 0.207 e. The van der Waals surface area contributed by atoms with E-state index >= 15 is 0 Å². The van der Waals surface area contributed by atoms with Gasteiger partial charge in [0, 0.05) is 5.02 Å². The van der Waals surface area contributed by atoms with Crippen molar-refractivity contribution in [2.75, 3.05) is 0 Å². The molecule has 0 atom stereocenters. The van der Waals surface area contributed by atoms with Crippen LogP contribution >= 0.6 is 36.4 Å². The normalized spacial score (nSPS) is 9.06. The summed E-state index contributed by atoms with van der Waals surface area (Å²) in [5, 5.41) is 0.752. The van der Waals surface area contributed by atoms with Crippen molar-refractivity contribution < 1.29 is 4.39 Å². The molecule has 0 radical (unpaired) electrons. The maximum atomic E-state index is 12.7. The number of rotatable bonds is 2. The Labute approximate surface area is 118 Å². The quantitative estimate of drug-likeness (QED) is 0.738. The van der Waals surface area contributed by atoms with Crippen LogP contribution in [0.25, 0.3) is 0 Å². The van der Waals surface area contributed by atoms with Gasteiger partial charge in [-0.1, -0.05) is 41.9 Å². The van der Waals surface area contributed by atoms with Gasteiger partial charge in [0.25, 0.3) is 0 Å². The average Bonchev–Trinajstić information content (AvgIpc) is 2.25. The fourth-order valence-electron chi connectivity index (χ4n) is 1.46. The Morgan fingerprint density at radius 3 is 2.06 bits per heavy atom. The molecular formula is C13H12Cl3F. The van der Waals surface area contributed by atoms with Gasteiger partial charge < -0.3 is 0 Å². The predicted molar refractivity (Wildman–Crippen MR) is 75.2 cm³/mol. The number of hydrogen-bond donors (Lipinski definition) is 0. The van der Waals surface area contributed by atoms with E-state index in [-0.39, 0.29) is 30.6 Å². The average molecular weight is 294 g/mol. The highest BCUT2D eigenvalue weighted by Crippen LogP contribution is 2.18. The molecule has 0 unspecified atom stereocenters. The van der Waals surface area contributed by atoms with Gasteiger partial charge in [0.1, 0.15) is 5.82 Å². The fraction of sp³-hybridized carbons (Fsp3) is 0.0769. The predicted octanol–water partition coefficient (Wildman–Crippen LogP) is 4.91. The zero-order valence-corrected chi connectivity index (χ0v) is 11.3. The Hall–Kier alpha value is -0.760. The Balaban J connectivity index is 0.00000128. The fourth-order valence-corrected chi connectivity index (χ4v) is 1.67. The van der Waals surface area contributed by atoms with E-state index in [1.165, 1.54) is 12.1 Å². The van der Waals surface area contributed by atoms with E-state index < -0.39 is 0 Å². The van der Waals surface area contributed by atoms with Crippen LogP contribution in [0.15, 0.2) is 48.5 Å². The summed E-state index contributed by atoms with van der Waals surface area (Å²) >= 11 is 6.03. The lowest BCUT2D eigenvalue weighted by Crippen LogP contribution is -1.89. The molecule has 92 valence electrons. The lowest BCUT2D eigenvalue weighted by Gasteiger charge is -2.03. The van der Waals surface area contributed by atoms with Gasteiger partial charge in [-0.25, -0.2) is 4.39 Å². The Morgan fingerprint density at radius 2 is 1.47 bits per heavy atom. The molecule has 2 aromatic carbocycles. The highest BCUT2D eigenvalue weighted by atomic mass is 35.5. The van der Waals surface area contributed by atoms with E-state index in [0.29, 0.717) is 0 Å². The monoisotopic (exact) mass is 292 g/mol. The third kappa shape index (κ3) is 4.55. The number of halogens is 4. The maximum absolute atomic E-state index is 12.7. The van der Waals surface area contributed by atoms with E-state index in [9.17, 15) is 4.39 Å². The highest BCUT2D eigenvalue weighted by Gasteiger charge is 2.00. The number of benzene rings is 2. The van der Waals surface area contributed by atoms with Crippen molar-refractivity contribution in [1.29, 1.82) is 0 Å². The molecular weight excluding hydrogens is 282 g/mol. The second-order valence-corrected chi connectivity index (χ2v) is 3.80. The van der Waals surface area contributed by atoms with Gasteiger partial charge in [-0.2, -0.15) is 0 Å². The van der Waals surface area contributed by atoms with E-state index in [0.717, 1.165) is 22.6 Å². The molecule has 0 heterocycles. The van der Waals surface area contributed by atoms with Crippen LogP contribution < -0.4 is 0 Å². The molecule has 0 aliphatic heterocycles. The maximum Gasteiger partial charge on any atom is 0.123 e. The molecule has 0 aliphatic carbocycles. The number of hydrogen-bond acceptors (Lipinski definition) is 0. The van der Waals surface area contributed by atoms with Crippen molar-refractivity contribution in [3.63, 3.8) is 0 Å². The standard InChI is InChI=1S/C13H10ClF.2ClH/c14-13-4-2-1-3-11(13)9-10-5-7-12(15)8-6-10;;/h1-8H,9H2;2*1H. The summed E-state index contributed by atoms with van der Waals surface area (Å²) in [6.07, 6.45) is 0.736. The topological polar surface area (TPSA) is 0 Å². The summed E-state index contributed by atoms with van der Waals surface area (Å²) in [7, 11) is 0. The minimum Gasteiger partial charge on any atom is -0.207 e. The molecule has 2 aromatic rings. The highest BCUT2D eigenvalue weighted by molar-refractivity contribution is 6.31. The molecule has 4 heteroatoms. The van der Waals surface area contributed by atoms with Gasteiger partial charge in [0.05, 0.1) is 0 Å². The molecule has 17 heavy (non-hydrogen) atoms. The summed E-state index contributed by atoms with van der Waals surface area (Å²) < 4.78 is 12.7. The smallest absolute Gasteiger partial charge is 0.123 e. The first-order chi connectivity index (χ1) is 7.25. The molecule has 0 spiro atoms. The van der Waals surface area contributed by atoms with Gasteiger partial charge in [-0.15, -0.1) is 24.8 Å². The zero-order chi connectivity index (χ0) is 10.7. The molecule has 2 rings (SSSR count). The summed E-state index contributed by atoms with van der Waals surface area (Å²) in [4.78, 5) is 0. The van der Waals surface area contributed by atoms with Crippen LogP contribution in [0.3, 0.4) is 0 Å². The summed E-state index contributed by atoms with van der Waals surface area (Å²) in [5.41, 5.74) is 2.12. The molecule has 0 N–H and O–H groups in total. The first-order valence-corrected chi connectivity index (χ1v) is 5.11. The minimum atomic E-state index is -0.210. The van der Waals surface area contributed by atoms with Gasteiger partial charge >= 0.3 is 0 Å². The van der Waals surface area contributed by atoms with Gasteiger partial charge in [0.15, 0.2) is 0 Å². The first kappa shape index (κ1) is 16.2. The van der Waals surface area contributed by atoms with E-state index in [1.807, 2.05) is 24.3 Å². The van der Waals surface area contributed by atoms with Gasteiger partial charge in [-0.3, -0.25) is 0 Å². The van der Waals surface area contributed by atoms with Crippen molar-refractivity contribution in [1.82, 2.24) is 0 Å². The Bertz CT molecular complexity index is 454. The van der Waals surface area contributed by atoms with Crippen LogP contribution in [-0.4, -0.2) is 0 Å². The van der Waals surface area contributed by atoms with Crippen molar-refractivity contribution in [2.45, 2.75) is 6.42 Å². The van der Waals surface area contributed by atoms with E-state index in [2.05, 4.69) is 0 Å². The van der Waals surface area contributed by atoms with Gasteiger partial charge in [0.2, 0.25) is 0 Å². The first-order valence-electron chi connectivity index (χ1n) is 4.73. The molecule has 0 aliphatic rings. The second kappa shape index (κ2) is 7.54. The summed E-state index contributed by atoms with van der Waals surface area (Å²) in [6.45, 7) is 0. The lowest BCUT2D eigenvalue weighted by atomic mass is 10.1. The lowest BCUT2D eigenvalue weighted by molar-refractivity contribution is 0.627. The zero-order valence-electron chi connectivity index (χ0n) is 8.90.